The topological polar surface area (TPSA) is 134 Å². The third-order valence-electron chi connectivity index (χ3n) is 10.8. The molecule has 0 spiro atoms. The highest BCUT2D eigenvalue weighted by Crippen LogP contribution is 2.43. The van der Waals surface area contributed by atoms with E-state index in [0.29, 0.717) is 6.42 Å². The second-order valence-electron chi connectivity index (χ2n) is 16.7. The predicted molar refractivity (Wildman–Crippen MR) is 247 cm³/mol. The molecule has 0 aromatic heterocycles. The molecule has 1 unspecified atom stereocenters. The van der Waals surface area contributed by atoms with Crippen LogP contribution in [0.2, 0.25) is 0 Å². The summed E-state index contributed by atoms with van der Waals surface area (Å²) in [6.07, 6.45) is 50.7. The molecule has 59 heavy (non-hydrogen) atoms. The smallest absolute Gasteiger partial charge is 0.462 e. The first kappa shape index (κ1) is 57.5. The van der Waals surface area contributed by atoms with Gasteiger partial charge in [-0.1, -0.05) is 192 Å². The van der Waals surface area contributed by atoms with E-state index in [1.165, 1.54) is 167 Å². The third-order valence-corrected chi connectivity index (χ3v) is 11.8. The van der Waals surface area contributed by atoms with E-state index in [4.69, 9.17) is 24.3 Å². The molecular formula is C49H94NO8P. The van der Waals surface area contributed by atoms with Crippen molar-refractivity contribution in [2.45, 2.75) is 251 Å². The van der Waals surface area contributed by atoms with Crippen molar-refractivity contribution in [2.75, 3.05) is 26.4 Å². The standard InChI is InChI=1S/C49H94NO8P/c1-3-5-7-9-11-13-15-17-19-21-22-23-24-26-27-29-31-33-35-37-39-41-48(51)55-45-47(46-57-59(53,54)56-44-43-50)58-49(52)42-40-38-36-34-32-30-28-25-20-18-16-14-12-10-8-6-4-2/h17-20,47H,3-16,21-46,50H2,1-2H3,(H,53,54)/t47-/m1/s1. The monoisotopic (exact) mass is 856 g/mol. The van der Waals surface area contributed by atoms with Crippen molar-refractivity contribution in [3.63, 3.8) is 0 Å². The Morgan fingerprint density at radius 2 is 0.831 bits per heavy atom. The number of ether oxygens (including phenoxy) is 2. The average molecular weight is 856 g/mol. The molecular weight excluding hydrogens is 762 g/mol. The molecule has 3 N–H and O–H groups in total. The molecule has 0 aliphatic carbocycles. The fourth-order valence-corrected chi connectivity index (χ4v) is 7.86. The maximum absolute atomic E-state index is 12.6. The molecule has 10 heteroatoms. The Bertz CT molecular complexity index is 1020. The second-order valence-corrected chi connectivity index (χ2v) is 18.1. The number of carbonyl (C=O) groups excluding carboxylic acids is 2. The van der Waals surface area contributed by atoms with Gasteiger partial charge in [-0.25, -0.2) is 4.57 Å². The highest BCUT2D eigenvalue weighted by atomic mass is 31.2. The summed E-state index contributed by atoms with van der Waals surface area (Å²) in [4.78, 5) is 35.0. The molecule has 9 nitrogen and oxygen atoms in total. The lowest BCUT2D eigenvalue weighted by atomic mass is 10.0. The van der Waals surface area contributed by atoms with Crippen LogP contribution in [-0.2, 0) is 32.7 Å². The number of hydrogen-bond donors (Lipinski definition) is 2. The Kier molecular flexibility index (Phi) is 44.8. The van der Waals surface area contributed by atoms with Gasteiger partial charge in [-0.3, -0.25) is 18.6 Å². The number of phosphoric acid groups is 1. The van der Waals surface area contributed by atoms with E-state index < -0.39 is 26.5 Å². The normalized spacial score (nSPS) is 13.4. The molecule has 0 rings (SSSR count). The van der Waals surface area contributed by atoms with Gasteiger partial charge in [-0.2, -0.15) is 0 Å². The van der Waals surface area contributed by atoms with Crippen LogP contribution in [0, 0.1) is 0 Å². The van der Waals surface area contributed by atoms with Crippen molar-refractivity contribution in [2.24, 2.45) is 5.73 Å². The van der Waals surface area contributed by atoms with Gasteiger partial charge in [0.05, 0.1) is 13.2 Å². The highest BCUT2D eigenvalue weighted by Gasteiger charge is 2.26. The molecule has 0 amide bonds. The number of phosphoric ester groups is 1. The van der Waals surface area contributed by atoms with Crippen molar-refractivity contribution in [1.29, 1.82) is 0 Å². The van der Waals surface area contributed by atoms with Crippen LogP contribution in [0.15, 0.2) is 24.3 Å². The Morgan fingerprint density at radius 3 is 1.20 bits per heavy atom. The van der Waals surface area contributed by atoms with Gasteiger partial charge in [-0.05, 0) is 64.2 Å². The third kappa shape index (κ3) is 45.8. The summed E-state index contributed by atoms with van der Waals surface area (Å²) < 4.78 is 32.9. The fourth-order valence-electron chi connectivity index (χ4n) is 7.10. The molecule has 0 bridgehead atoms. The average Bonchev–Trinajstić information content (AvgIpc) is 3.22. The molecule has 2 atom stereocenters. The van der Waals surface area contributed by atoms with Crippen molar-refractivity contribution in [1.82, 2.24) is 0 Å². The minimum atomic E-state index is -4.38. The number of rotatable bonds is 47. The van der Waals surface area contributed by atoms with E-state index in [2.05, 4.69) is 38.2 Å². The fraction of sp³-hybridized carbons (Fsp3) is 0.878. The first-order valence-corrected chi connectivity index (χ1v) is 26.3. The van der Waals surface area contributed by atoms with Crippen LogP contribution in [0.4, 0.5) is 0 Å². The van der Waals surface area contributed by atoms with E-state index >= 15 is 0 Å². The summed E-state index contributed by atoms with van der Waals surface area (Å²) in [5, 5.41) is 0. The van der Waals surface area contributed by atoms with Gasteiger partial charge in [0, 0.05) is 19.4 Å². The van der Waals surface area contributed by atoms with E-state index in [0.717, 1.165) is 44.9 Å². The number of nitrogens with two attached hydrogens (primary N) is 1. The van der Waals surface area contributed by atoms with Gasteiger partial charge < -0.3 is 20.1 Å². The minimum absolute atomic E-state index is 0.0541. The highest BCUT2D eigenvalue weighted by molar-refractivity contribution is 7.47. The molecule has 0 aliphatic heterocycles. The van der Waals surface area contributed by atoms with Gasteiger partial charge in [0.1, 0.15) is 6.61 Å². The van der Waals surface area contributed by atoms with E-state index in [1.807, 2.05) is 0 Å². The lowest BCUT2D eigenvalue weighted by molar-refractivity contribution is -0.161. The van der Waals surface area contributed by atoms with Crippen LogP contribution in [0.25, 0.3) is 0 Å². The number of allylic oxidation sites excluding steroid dienone is 4. The predicted octanol–water partition coefficient (Wildman–Crippen LogP) is 14.7. The molecule has 0 saturated carbocycles. The number of carbonyl (C=O) groups is 2. The summed E-state index contributed by atoms with van der Waals surface area (Å²) in [6, 6.07) is 0. The van der Waals surface area contributed by atoms with Gasteiger partial charge in [0.2, 0.25) is 0 Å². The molecule has 0 aliphatic rings. The van der Waals surface area contributed by atoms with E-state index in [1.54, 1.807) is 0 Å². The van der Waals surface area contributed by atoms with Gasteiger partial charge in [0.25, 0.3) is 0 Å². The molecule has 0 radical (unpaired) electrons. The second kappa shape index (κ2) is 46.0. The zero-order chi connectivity index (χ0) is 43.2. The van der Waals surface area contributed by atoms with Gasteiger partial charge >= 0.3 is 19.8 Å². The first-order valence-electron chi connectivity index (χ1n) is 24.8. The van der Waals surface area contributed by atoms with Crippen LogP contribution in [0.3, 0.4) is 0 Å². The first-order chi connectivity index (χ1) is 28.8. The molecule has 0 aromatic rings. The Hall–Kier alpha value is -1.51. The Morgan fingerprint density at radius 1 is 0.492 bits per heavy atom. The SMILES string of the molecule is CCCCCCCCC=CCCCCCCCCCCCCCC(=O)OC[C@H](COP(=O)(O)OCCN)OC(=O)CCCCCCCCCC=CCCCCCCCC. The minimum Gasteiger partial charge on any atom is -0.462 e. The molecule has 0 heterocycles. The number of unbranched alkanes of at least 4 members (excludes halogenated alkanes) is 30. The summed E-state index contributed by atoms with van der Waals surface area (Å²) >= 11 is 0. The molecule has 348 valence electrons. The van der Waals surface area contributed by atoms with Crippen molar-refractivity contribution >= 4 is 19.8 Å². The van der Waals surface area contributed by atoms with Crippen LogP contribution < -0.4 is 5.73 Å². The Balaban J connectivity index is 4.04. The Labute approximate surface area is 363 Å². The molecule has 0 aromatic carbocycles. The number of hydrogen-bond acceptors (Lipinski definition) is 8. The molecule has 0 saturated heterocycles. The zero-order valence-electron chi connectivity index (χ0n) is 38.5. The maximum Gasteiger partial charge on any atom is 0.472 e. The maximum atomic E-state index is 12.6. The van der Waals surface area contributed by atoms with E-state index in [-0.39, 0.29) is 38.6 Å². The summed E-state index contributed by atoms with van der Waals surface area (Å²) in [5.74, 6) is -0.824. The van der Waals surface area contributed by atoms with Gasteiger partial charge in [-0.15, -0.1) is 0 Å². The quantitative estimate of drug-likeness (QED) is 0.0265. The summed E-state index contributed by atoms with van der Waals surface area (Å²) in [5.41, 5.74) is 5.36. The lowest BCUT2D eigenvalue weighted by Crippen LogP contribution is -2.29. The number of esters is 2. The van der Waals surface area contributed by atoms with E-state index in [9.17, 15) is 19.0 Å². The van der Waals surface area contributed by atoms with Crippen LogP contribution in [0.5, 0.6) is 0 Å². The zero-order valence-corrected chi connectivity index (χ0v) is 39.4. The summed E-state index contributed by atoms with van der Waals surface area (Å²) in [6.45, 7) is 3.76. The van der Waals surface area contributed by atoms with Crippen LogP contribution >= 0.6 is 7.82 Å². The van der Waals surface area contributed by atoms with Gasteiger partial charge in [0.15, 0.2) is 6.10 Å². The summed E-state index contributed by atoms with van der Waals surface area (Å²) in [7, 11) is -4.38. The largest absolute Gasteiger partial charge is 0.472 e. The lowest BCUT2D eigenvalue weighted by Gasteiger charge is -2.19. The van der Waals surface area contributed by atoms with Crippen molar-refractivity contribution in [3.05, 3.63) is 24.3 Å². The van der Waals surface area contributed by atoms with Crippen LogP contribution in [-0.4, -0.2) is 49.3 Å². The molecule has 0 fully saturated rings. The van der Waals surface area contributed by atoms with Crippen molar-refractivity contribution < 1.29 is 37.6 Å². The van der Waals surface area contributed by atoms with Crippen molar-refractivity contribution in [3.8, 4) is 0 Å². The van der Waals surface area contributed by atoms with Crippen LogP contribution in [0.1, 0.15) is 245 Å².